The van der Waals surface area contributed by atoms with E-state index in [2.05, 4.69) is 12.2 Å². The van der Waals surface area contributed by atoms with Crippen LogP contribution in [-0.2, 0) is 9.84 Å². The van der Waals surface area contributed by atoms with Gasteiger partial charge in [-0.25, -0.2) is 8.42 Å². The van der Waals surface area contributed by atoms with E-state index in [-0.39, 0.29) is 17.0 Å². The van der Waals surface area contributed by atoms with E-state index in [1.807, 2.05) is 0 Å². The molecule has 1 aliphatic rings. The van der Waals surface area contributed by atoms with Gasteiger partial charge in [-0.3, -0.25) is 0 Å². The quantitative estimate of drug-likeness (QED) is 0.861. The molecule has 0 aromatic heterocycles. The molecule has 120 valence electrons. The molecule has 1 saturated carbocycles. The summed E-state index contributed by atoms with van der Waals surface area (Å²) >= 11 is 0. The van der Waals surface area contributed by atoms with E-state index in [9.17, 15) is 8.42 Å². The second-order valence-corrected chi connectivity index (χ2v) is 8.57. The molecule has 0 spiro atoms. The first-order valence-corrected chi connectivity index (χ1v) is 10.3. The number of nitrogens with one attached hydrogen (secondary N) is 1. The maximum absolute atomic E-state index is 12.4. The predicted octanol–water partition coefficient (Wildman–Crippen LogP) is 3.68. The largest absolute Gasteiger partial charge is 0.313 e. The minimum Gasteiger partial charge on any atom is -0.313 e. The van der Waals surface area contributed by atoms with Crippen LogP contribution in [0.25, 0.3) is 0 Å². The molecule has 3 nitrogen and oxygen atoms in total. The molecule has 1 fully saturated rings. The van der Waals surface area contributed by atoms with Crippen LogP contribution in [0.1, 0.15) is 78.1 Å². The van der Waals surface area contributed by atoms with E-state index in [4.69, 9.17) is 0 Å². The van der Waals surface area contributed by atoms with Gasteiger partial charge in [-0.2, -0.15) is 0 Å². The van der Waals surface area contributed by atoms with Gasteiger partial charge in [-0.05, 0) is 19.4 Å². The lowest BCUT2D eigenvalue weighted by molar-refractivity contribution is 0.406. The van der Waals surface area contributed by atoms with Crippen LogP contribution < -0.4 is 5.32 Å². The third kappa shape index (κ3) is 6.13. The van der Waals surface area contributed by atoms with Crippen molar-refractivity contribution in [3.05, 3.63) is 0 Å². The first kappa shape index (κ1) is 18.0. The molecule has 0 aromatic carbocycles. The average Bonchev–Trinajstić information content (AvgIpc) is 2.41. The van der Waals surface area contributed by atoms with E-state index in [0.29, 0.717) is 0 Å². The Morgan fingerprint density at radius 2 is 1.35 bits per heavy atom. The van der Waals surface area contributed by atoms with Crippen molar-refractivity contribution in [2.24, 2.45) is 0 Å². The molecule has 0 radical (unpaired) electrons. The van der Waals surface area contributed by atoms with Gasteiger partial charge in [-0.15, -0.1) is 0 Å². The highest BCUT2D eigenvalue weighted by Gasteiger charge is 2.30. The van der Waals surface area contributed by atoms with Crippen LogP contribution in [0.15, 0.2) is 0 Å². The first-order valence-electron chi connectivity index (χ1n) is 8.56. The van der Waals surface area contributed by atoms with Gasteiger partial charge in [0, 0.05) is 11.8 Å². The second-order valence-electron chi connectivity index (χ2n) is 6.06. The van der Waals surface area contributed by atoms with Crippen molar-refractivity contribution in [3.63, 3.8) is 0 Å². The van der Waals surface area contributed by atoms with Crippen LogP contribution in [-0.4, -0.2) is 32.0 Å². The minimum atomic E-state index is -2.94. The summed E-state index contributed by atoms with van der Waals surface area (Å²) in [5, 5.41) is 3.27. The van der Waals surface area contributed by atoms with Crippen LogP contribution >= 0.6 is 0 Å². The molecule has 0 aliphatic heterocycles. The fourth-order valence-corrected chi connectivity index (χ4v) is 4.98. The Morgan fingerprint density at radius 1 is 0.850 bits per heavy atom. The maximum atomic E-state index is 12.4. The second kappa shape index (κ2) is 9.78. The lowest BCUT2D eigenvalue weighted by atomic mass is 9.97. The SMILES string of the molecule is CCNC1CCCCCCCCCCC1S(=O)(=O)CC. The lowest BCUT2D eigenvalue weighted by Gasteiger charge is -2.28. The molecule has 20 heavy (non-hydrogen) atoms. The Bertz CT molecular complexity index is 340. The highest BCUT2D eigenvalue weighted by Crippen LogP contribution is 2.22. The van der Waals surface area contributed by atoms with Gasteiger partial charge in [-0.1, -0.05) is 65.2 Å². The fourth-order valence-electron chi connectivity index (χ4n) is 3.30. The summed E-state index contributed by atoms with van der Waals surface area (Å²) in [6, 6.07) is 0.157. The first-order chi connectivity index (χ1) is 9.61. The highest BCUT2D eigenvalue weighted by atomic mass is 32.2. The van der Waals surface area contributed by atoms with Crippen LogP contribution in [0.3, 0.4) is 0 Å². The molecule has 4 heteroatoms. The predicted molar refractivity (Wildman–Crippen MR) is 86.9 cm³/mol. The van der Waals surface area contributed by atoms with E-state index < -0.39 is 9.84 Å². The summed E-state index contributed by atoms with van der Waals surface area (Å²) < 4.78 is 24.8. The summed E-state index contributed by atoms with van der Waals surface area (Å²) in [4.78, 5) is 0. The summed E-state index contributed by atoms with van der Waals surface area (Å²) in [5.41, 5.74) is 0. The molecule has 2 atom stereocenters. The minimum absolute atomic E-state index is 0.157. The van der Waals surface area contributed by atoms with Crippen molar-refractivity contribution in [3.8, 4) is 0 Å². The zero-order chi connectivity index (χ0) is 14.8. The van der Waals surface area contributed by atoms with E-state index in [1.54, 1.807) is 6.92 Å². The van der Waals surface area contributed by atoms with E-state index in [1.165, 1.54) is 38.5 Å². The van der Waals surface area contributed by atoms with Gasteiger partial charge in [0.1, 0.15) is 0 Å². The topological polar surface area (TPSA) is 46.2 Å². The molecule has 0 heterocycles. The zero-order valence-electron chi connectivity index (χ0n) is 13.4. The molecule has 0 saturated heterocycles. The van der Waals surface area contributed by atoms with Gasteiger partial charge in [0.25, 0.3) is 0 Å². The number of hydrogen-bond donors (Lipinski definition) is 1. The van der Waals surface area contributed by atoms with Crippen LogP contribution in [0.2, 0.25) is 0 Å². The molecule has 2 unspecified atom stereocenters. The van der Waals surface area contributed by atoms with Gasteiger partial charge in [0.2, 0.25) is 0 Å². The summed E-state index contributed by atoms with van der Waals surface area (Å²) in [7, 11) is -2.94. The van der Waals surface area contributed by atoms with Gasteiger partial charge >= 0.3 is 0 Å². The third-order valence-corrected chi connectivity index (χ3v) is 6.82. The fraction of sp³-hybridized carbons (Fsp3) is 1.00. The molecule has 1 rings (SSSR count). The lowest BCUT2D eigenvalue weighted by Crippen LogP contribution is -2.45. The standard InChI is InChI=1S/C16H33NO2S/c1-3-17-15-13-11-9-7-5-6-8-10-12-14-16(15)20(18,19)4-2/h15-17H,3-14H2,1-2H3. The van der Waals surface area contributed by atoms with Gasteiger partial charge < -0.3 is 5.32 Å². The van der Waals surface area contributed by atoms with Crippen molar-refractivity contribution in [1.29, 1.82) is 0 Å². The zero-order valence-corrected chi connectivity index (χ0v) is 14.2. The van der Waals surface area contributed by atoms with Crippen LogP contribution in [0, 0.1) is 0 Å². The van der Waals surface area contributed by atoms with Crippen molar-refractivity contribution in [1.82, 2.24) is 5.32 Å². The summed E-state index contributed by atoms with van der Waals surface area (Å²) in [5.74, 6) is 0.277. The number of hydrogen-bond acceptors (Lipinski definition) is 3. The van der Waals surface area contributed by atoms with E-state index >= 15 is 0 Å². The van der Waals surface area contributed by atoms with E-state index in [0.717, 1.165) is 32.2 Å². The van der Waals surface area contributed by atoms with Crippen molar-refractivity contribution in [2.45, 2.75) is 89.3 Å². The smallest absolute Gasteiger partial charge is 0.154 e. The number of rotatable bonds is 4. The Kier molecular flexibility index (Phi) is 8.78. The van der Waals surface area contributed by atoms with Gasteiger partial charge in [0.15, 0.2) is 9.84 Å². The molecule has 1 N–H and O–H groups in total. The molecule has 1 aliphatic carbocycles. The molecule has 0 bridgehead atoms. The highest BCUT2D eigenvalue weighted by molar-refractivity contribution is 7.92. The molecule has 0 amide bonds. The molecular weight excluding hydrogens is 270 g/mol. The normalized spacial score (nSPS) is 27.5. The third-order valence-electron chi connectivity index (χ3n) is 4.53. The number of sulfone groups is 1. The monoisotopic (exact) mass is 303 g/mol. The summed E-state index contributed by atoms with van der Waals surface area (Å²) in [6.45, 7) is 4.72. The Hall–Kier alpha value is -0.0900. The van der Waals surface area contributed by atoms with Crippen LogP contribution in [0.5, 0.6) is 0 Å². The Morgan fingerprint density at radius 3 is 1.85 bits per heavy atom. The van der Waals surface area contributed by atoms with Crippen molar-refractivity contribution in [2.75, 3.05) is 12.3 Å². The molecular formula is C16H33NO2S. The van der Waals surface area contributed by atoms with Crippen molar-refractivity contribution < 1.29 is 8.42 Å². The average molecular weight is 304 g/mol. The maximum Gasteiger partial charge on any atom is 0.154 e. The Balaban J connectivity index is 2.76. The Labute approximate surface area is 125 Å². The van der Waals surface area contributed by atoms with Crippen molar-refractivity contribution >= 4 is 9.84 Å². The molecule has 0 aromatic rings. The van der Waals surface area contributed by atoms with Gasteiger partial charge in [0.05, 0.1) is 5.25 Å². The van der Waals surface area contributed by atoms with Crippen LogP contribution in [0.4, 0.5) is 0 Å². The summed E-state index contributed by atoms with van der Waals surface area (Å²) in [6.07, 6.45) is 11.8.